The molecule has 0 radical (unpaired) electrons. The standard InChI is InChI=1S/C22H28N2O2S/c1-5-24(6-2)13-16(25)12-23-20-14(3)11-15(4)22-19(20)21(26)17-9-7-8-10-18(17)27-22/h7-11,16,23,25H,5-6,12-13H2,1-4H3/t16-/m1/s1. The number of hydrogen-bond donors (Lipinski definition) is 2. The fourth-order valence-electron chi connectivity index (χ4n) is 3.60. The van der Waals surface area contributed by atoms with E-state index in [-0.39, 0.29) is 5.43 Å². The van der Waals surface area contributed by atoms with Crippen molar-refractivity contribution >= 4 is 37.2 Å². The molecule has 5 heteroatoms. The predicted molar refractivity (Wildman–Crippen MR) is 117 cm³/mol. The predicted octanol–water partition coefficient (Wildman–Crippen LogP) is 4.15. The van der Waals surface area contributed by atoms with Crippen molar-refractivity contribution in [3.8, 4) is 0 Å². The van der Waals surface area contributed by atoms with Gasteiger partial charge in [0.2, 0.25) is 0 Å². The van der Waals surface area contributed by atoms with Crippen LogP contribution < -0.4 is 10.7 Å². The number of hydrogen-bond acceptors (Lipinski definition) is 5. The van der Waals surface area contributed by atoms with E-state index in [4.69, 9.17) is 0 Å². The second-order valence-electron chi connectivity index (χ2n) is 7.04. The first-order valence-electron chi connectivity index (χ1n) is 9.56. The van der Waals surface area contributed by atoms with E-state index in [0.717, 1.165) is 50.1 Å². The van der Waals surface area contributed by atoms with E-state index in [1.165, 1.54) is 0 Å². The fourth-order valence-corrected chi connectivity index (χ4v) is 4.75. The van der Waals surface area contributed by atoms with Gasteiger partial charge in [-0.25, -0.2) is 0 Å². The summed E-state index contributed by atoms with van der Waals surface area (Å²) in [6, 6.07) is 9.89. The second-order valence-corrected chi connectivity index (χ2v) is 8.09. The fraction of sp³-hybridized carbons (Fsp3) is 0.409. The molecule has 0 bridgehead atoms. The molecule has 2 N–H and O–H groups in total. The highest BCUT2D eigenvalue weighted by Gasteiger charge is 2.16. The molecular weight excluding hydrogens is 356 g/mol. The average Bonchev–Trinajstić information content (AvgIpc) is 2.66. The zero-order valence-electron chi connectivity index (χ0n) is 16.5. The third-order valence-electron chi connectivity index (χ3n) is 5.11. The Balaban J connectivity index is 2.02. The van der Waals surface area contributed by atoms with Gasteiger partial charge in [-0.05, 0) is 50.2 Å². The maximum atomic E-state index is 13.2. The molecule has 0 saturated heterocycles. The summed E-state index contributed by atoms with van der Waals surface area (Å²) in [7, 11) is 0. The molecule has 1 heterocycles. The Hall–Kier alpha value is -1.95. The number of likely N-dealkylation sites (N-methyl/N-ethyl adjacent to an activating group) is 1. The Kier molecular flexibility index (Phi) is 6.15. The number of anilines is 1. The van der Waals surface area contributed by atoms with Crippen molar-refractivity contribution in [3.63, 3.8) is 0 Å². The van der Waals surface area contributed by atoms with Gasteiger partial charge in [-0.2, -0.15) is 0 Å². The molecule has 0 amide bonds. The summed E-state index contributed by atoms with van der Waals surface area (Å²) in [5.41, 5.74) is 3.06. The van der Waals surface area contributed by atoms with Crippen LogP contribution in [0.25, 0.3) is 20.2 Å². The summed E-state index contributed by atoms with van der Waals surface area (Å²) in [6.45, 7) is 11.1. The zero-order valence-corrected chi connectivity index (χ0v) is 17.3. The molecule has 2 aromatic carbocycles. The SMILES string of the molecule is CCN(CC)C[C@H](O)CNc1c(C)cc(C)c2sc3ccccc3c(=O)c12. The Morgan fingerprint density at radius 3 is 2.56 bits per heavy atom. The molecule has 0 saturated carbocycles. The van der Waals surface area contributed by atoms with Gasteiger partial charge in [0.25, 0.3) is 0 Å². The monoisotopic (exact) mass is 384 g/mol. The van der Waals surface area contributed by atoms with Crippen LogP contribution in [-0.4, -0.2) is 42.3 Å². The minimum absolute atomic E-state index is 0.0619. The highest BCUT2D eigenvalue weighted by Crippen LogP contribution is 2.33. The lowest BCUT2D eigenvalue weighted by molar-refractivity contribution is 0.128. The lowest BCUT2D eigenvalue weighted by Crippen LogP contribution is -2.36. The topological polar surface area (TPSA) is 52.6 Å². The lowest BCUT2D eigenvalue weighted by atomic mass is 10.0. The summed E-state index contributed by atoms with van der Waals surface area (Å²) >= 11 is 1.66. The number of benzene rings is 2. The van der Waals surface area contributed by atoms with E-state index in [2.05, 4.69) is 37.1 Å². The Bertz CT molecular complexity index is 1010. The molecule has 27 heavy (non-hydrogen) atoms. The van der Waals surface area contributed by atoms with Crippen molar-refractivity contribution in [2.24, 2.45) is 0 Å². The molecule has 0 aliphatic rings. The van der Waals surface area contributed by atoms with E-state index in [0.29, 0.717) is 13.1 Å². The number of aliphatic hydroxyl groups excluding tert-OH is 1. The molecule has 3 aromatic rings. The van der Waals surface area contributed by atoms with Gasteiger partial charge in [0.05, 0.1) is 11.5 Å². The first-order chi connectivity index (χ1) is 13.0. The van der Waals surface area contributed by atoms with Crippen LogP contribution in [0.2, 0.25) is 0 Å². The van der Waals surface area contributed by atoms with Crippen molar-refractivity contribution in [2.45, 2.75) is 33.8 Å². The molecule has 1 aromatic heterocycles. The number of nitrogens with one attached hydrogen (secondary N) is 1. The number of aliphatic hydroxyl groups is 1. The summed E-state index contributed by atoms with van der Waals surface area (Å²) < 4.78 is 2.03. The molecule has 3 rings (SSSR count). The van der Waals surface area contributed by atoms with Gasteiger partial charge >= 0.3 is 0 Å². The molecule has 144 valence electrons. The van der Waals surface area contributed by atoms with E-state index >= 15 is 0 Å². The van der Waals surface area contributed by atoms with Crippen LogP contribution in [0.1, 0.15) is 25.0 Å². The first kappa shape index (κ1) is 19.8. The van der Waals surface area contributed by atoms with Crippen molar-refractivity contribution in [1.82, 2.24) is 4.90 Å². The van der Waals surface area contributed by atoms with Gasteiger partial charge in [-0.1, -0.05) is 32.0 Å². The van der Waals surface area contributed by atoms with Gasteiger partial charge < -0.3 is 15.3 Å². The van der Waals surface area contributed by atoms with Gasteiger partial charge in [0.15, 0.2) is 5.43 Å². The Labute approximate surface area is 164 Å². The van der Waals surface area contributed by atoms with E-state index in [9.17, 15) is 9.90 Å². The highest BCUT2D eigenvalue weighted by atomic mass is 32.1. The van der Waals surface area contributed by atoms with Crippen LogP contribution in [0, 0.1) is 13.8 Å². The third-order valence-corrected chi connectivity index (χ3v) is 6.42. The molecule has 0 spiro atoms. The maximum absolute atomic E-state index is 13.2. The van der Waals surface area contributed by atoms with Crippen molar-refractivity contribution in [3.05, 3.63) is 51.7 Å². The second kappa shape index (κ2) is 8.38. The summed E-state index contributed by atoms with van der Waals surface area (Å²) in [5, 5.41) is 15.3. The largest absolute Gasteiger partial charge is 0.390 e. The van der Waals surface area contributed by atoms with Gasteiger partial charge in [0, 0.05) is 33.6 Å². The minimum Gasteiger partial charge on any atom is -0.390 e. The van der Waals surface area contributed by atoms with Crippen molar-refractivity contribution in [2.75, 3.05) is 31.5 Å². The van der Waals surface area contributed by atoms with Gasteiger partial charge in [-0.15, -0.1) is 11.3 Å². The quantitative estimate of drug-likeness (QED) is 0.601. The summed E-state index contributed by atoms with van der Waals surface area (Å²) in [4.78, 5) is 15.4. The zero-order chi connectivity index (χ0) is 19.6. The Morgan fingerprint density at radius 2 is 1.85 bits per heavy atom. The summed E-state index contributed by atoms with van der Waals surface area (Å²) in [5.74, 6) is 0. The normalized spacial score (nSPS) is 12.8. The van der Waals surface area contributed by atoms with Gasteiger partial charge in [-0.3, -0.25) is 4.79 Å². The molecular formula is C22H28N2O2S. The Morgan fingerprint density at radius 1 is 1.15 bits per heavy atom. The molecule has 0 unspecified atom stereocenters. The number of rotatable bonds is 7. The maximum Gasteiger partial charge on any atom is 0.197 e. The molecule has 0 aliphatic heterocycles. The van der Waals surface area contributed by atoms with E-state index in [1.807, 2.05) is 31.2 Å². The minimum atomic E-state index is -0.486. The van der Waals surface area contributed by atoms with Crippen molar-refractivity contribution < 1.29 is 5.11 Å². The average molecular weight is 385 g/mol. The van der Waals surface area contributed by atoms with E-state index in [1.54, 1.807) is 11.3 Å². The molecule has 0 aliphatic carbocycles. The number of nitrogens with zero attached hydrogens (tertiary/aromatic N) is 1. The lowest BCUT2D eigenvalue weighted by Gasteiger charge is -2.23. The molecule has 1 atom stereocenters. The molecule has 0 fully saturated rings. The summed E-state index contributed by atoms with van der Waals surface area (Å²) in [6.07, 6.45) is -0.486. The van der Waals surface area contributed by atoms with Crippen LogP contribution in [-0.2, 0) is 0 Å². The first-order valence-corrected chi connectivity index (χ1v) is 10.4. The smallest absolute Gasteiger partial charge is 0.197 e. The van der Waals surface area contributed by atoms with Crippen LogP contribution in [0.15, 0.2) is 35.1 Å². The van der Waals surface area contributed by atoms with E-state index < -0.39 is 6.10 Å². The molecule has 4 nitrogen and oxygen atoms in total. The van der Waals surface area contributed by atoms with Crippen LogP contribution >= 0.6 is 11.3 Å². The number of fused-ring (bicyclic) bond motifs is 2. The third kappa shape index (κ3) is 4.00. The van der Waals surface area contributed by atoms with Crippen molar-refractivity contribution in [1.29, 1.82) is 0 Å². The van der Waals surface area contributed by atoms with Crippen LogP contribution in [0.3, 0.4) is 0 Å². The highest BCUT2D eigenvalue weighted by molar-refractivity contribution is 7.24. The number of aryl methyl sites for hydroxylation is 2. The van der Waals surface area contributed by atoms with Crippen LogP contribution in [0.4, 0.5) is 5.69 Å². The van der Waals surface area contributed by atoms with Crippen LogP contribution in [0.5, 0.6) is 0 Å². The van der Waals surface area contributed by atoms with Gasteiger partial charge in [0.1, 0.15) is 0 Å².